The van der Waals surface area contributed by atoms with Crippen LogP contribution in [0.25, 0.3) is 0 Å². The molecule has 0 radical (unpaired) electrons. The van der Waals surface area contributed by atoms with Crippen molar-refractivity contribution in [1.29, 1.82) is 0 Å². The topological polar surface area (TPSA) is 66.9 Å². The molecule has 1 aromatic carbocycles. The van der Waals surface area contributed by atoms with Crippen LogP contribution < -0.4 is 10.6 Å². The Balaban J connectivity index is 1.97. The summed E-state index contributed by atoms with van der Waals surface area (Å²) in [5.74, 6) is 0.887. The van der Waals surface area contributed by atoms with Crippen molar-refractivity contribution < 1.29 is 4.79 Å². The zero-order valence-electron chi connectivity index (χ0n) is 13.6. The van der Waals surface area contributed by atoms with Gasteiger partial charge in [0.2, 0.25) is 5.95 Å². The summed E-state index contributed by atoms with van der Waals surface area (Å²) in [7, 11) is 0. The van der Waals surface area contributed by atoms with E-state index in [9.17, 15) is 4.79 Å². The zero-order chi connectivity index (χ0) is 16.8. The molecule has 2 rings (SSSR count). The lowest BCUT2D eigenvalue weighted by atomic mass is 10.1. The number of aromatic nitrogens is 2. The average molecular weight is 377 g/mol. The maximum Gasteiger partial charge on any atom is 0.254 e. The number of carbonyl (C=O) groups excluding carboxylic acids is 1. The molecular formula is C17H21BrN4O. The van der Waals surface area contributed by atoms with Crippen LogP contribution in [0.4, 0.5) is 11.6 Å². The Morgan fingerprint density at radius 2 is 1.96 bits per heavy atom. The lowest BCUT2D eigenvalue weighted by molar-refractivity contribution is 0.0951. The highest BCUT2D eigenvalue weighted by Crippen LogP contribution is 2.22. The minimum Gasteiger partial charge on any atom is -0.352 e. The number of benzene rings is 1. The second-order valence-corrected chi connectivity index (χ2v) is 6.73. The maximum absolute atomic E-state index is 12.0. The Kier molecular flexibility index (Phi) is 6.10. The predicted octanol–water partition coefficient (Wildman–Crippen LogP) is 4.07. The van der Waals surface area contributed by atoms with Gasteiger partial charge in [0.25, 0.3) is 5.91 Å². The van der Waals surface area contributed by atoms with Crippen molar-refractivity contribution in [3.05, 3.63) is 46.2 Å². The van der Waals surface area contributed by atoms with Gasteiger partial charge < -0.3 is 10.6 Å². The van der Waals surface area contributed by atoms with Crippen LogP contribution in [-0.2, 0) is 0 Å². The first-order valence-electron chi connectivity index (χ1n) is 7.59. The van der Waals surface area contributed by atoms with Gasteiger partial charge in [-0.2, -0.15) is 0 Å². The van der Waals surface area contributed by atoms with Crippen LogP contribution in [0.1, 0.15) is 36.2 Å². The lowest BCUT2D eigenvalue weighted by Crippen LogP contribution is -2.25. The van der Waals surface area contributed by atoms with Crippen LogP contribution in [0.3, 0.4) is 0 Å². The van der Waals surface area contributed by atoms with Crippen LogP contribution >= 0.6 is 15.9 Å². The van der Waals surface area contributed by atoms with Crippen LogP contribution in [-0.4, -0.2) is 22.4 Å². The van der Waals surface area contributed by atoms with Gasteiger partial charge in [0.1, 0.15) is 0 Å². The number of nitrogens with one attached hydrogen (secondary N) is 2. The first kappa shape index (κ1) is 17.4. The third-order valence-corrected chi connectivity index (χ3v) is 3.85. The van der Waals surface area contributed by atoms with E-state index in [1.54, 1.807) is 0 Å². The van der Waals surface area contributed by atoms with E-state index in [-0.39, 0.29) is 5.91 Å². The van der Waals surface area contributed by atoms with E-state index in [0.29, 0.717) is 24.0 Å². The molecule has 0 unspecified atom stereocenters. The molecule has 0 aliphatic carbocycles. The number of hydrogen-bond acceptors (Lipinski definition) is 4. The van der Waals surface area contributed by atoms with Gasteiger partial charge in [-0.25, -0.2) is 9.97 Å². The summed E-state index contributed by atoms with van der Waals surface area (Å²) < 4.78 is 1.02. The molecule has 5 nitrogen and oxygen atoms in total. The van der Waals surface area contributed by atoms with Crippen molar-refractivity contribution in [3.63, 3.8) is 0 Å². The Morgan fingerprint density at radius 1 is 1.26 bits per heavy atom. The van der Waals surface area contributed by atoms with E-state index in [0.717, 1.165) is 22.1 Å². The number of anilines is 2. The Bertz CT molecular complexity index is 671. The fraction of sp³-hybridized carbons (Fsp3) is 0.353. The highest BCUT2D eigenvalue weighted by atomic mass is 79.9. The van der Waals surface area contributed by atoms with E-state index in [1.165, 1.54) is 12.4 Å². The Labute approximate surface area is 145 Å². The molecule has 23 heavy (non-hydrogen) atoms. The summed E-state index contributed by atoms with van der Waals surface area (Å²) in [6, 6.07) is 5.92. The van der Waals surface area contributed by atoms with E-state index >= 15 is 0 Å². The second-order valence-electron chi connectivity index (χ2n) is 5.82. The fourth-order valence-electron chi connectivity index (χ4n) is 1.97. The van der Waals surface area contributed by atoms with Crippen LogP contribution in [0.15, 0.2) is 35.1 Å². The average Bonchev–Trinajstić information content (AvgIpc) is 2.50. The van der Waals surface area contributed by atoms with Gasteiger partial charge in [0.15, 0.2) is 0 Å². The number of aryl methyl sites for hydroxylation is 1. The van der Waals surface area contributed by atoms with Gasteiger partial charge in [-0.3, -0.25) is 4.79 Å². The van der Waals surface area contributed by atoms with Crippen molar-refractivity contribution in [2.24, 2.45) is 5.92 Å². The molecule has 0 aliphatic heterocycles. The summed E-state index contributed by atoms with van der Waals surface area (Å²) in [4.78, 5) is 20.4. The summed E-state index contributed by atoms with van der Waals surface area (Å²) >= 11 is 3.43. The van der Waals surface area contributed by atoms with Crippen molar-refractivity contribution in [1.82, 2.24) is 15.3 Å². The number of rotatable bonds is 6. The summed E-state index contributed by atoms with van der Waals surface area (Å²) in [5.41, 5.74) is 2.48. The molecule has 0 spiro atoms. The number of halogens is 1. The quantitative estimate of drug-likeness (QED) is 0.797. The van der Waals surface area contributed by atoms with E-state index in [2.05, 4.69) is 50.4 Å². The third kappa shape index (κ3) is 5.32. The molecule has 0 bridgehead atoms. The van der Waals surface area contributed by atoms with Gasteiger partial charge in [-0.1, -0.05) is 29.8 Å². The van der Waals surface area contributed by atoms with Gasteiger partial charge in [-0.15, -0.1) is 0 Å². The van der Waals surface area contributed by atoms with Gasteiger partial charge in [-0.05, 0) is 43.0 Å². The molecule has 0 fully saturated rings. The highest BCUT2D eigenvalue weighted by molar-refractivity contribution is 9.10. The molecule has 0 aliphatic rings. The van der Waals surface area contributed by atoms with Gasteiger partial charge >= 0.3 is 0 Å². The van der Waals surface area contributed by atoms with E-state index in [1.807, 2.05) is 25.1 Å². The predicted molar refractivity (Wildman–Crippen MR) is 96.0 cm³/mol. The molecule has 0 atom stereocenters. The van der Waals surface area contributed by atoms with Crippen LogP contribution in [0.2, 0.25) is 0 Å². The molecule has 2 aromatic rings. The molecule has 0 saturated heterocycles. The molecule has 1 aromatic heterocycles. The summed E-state index contributed by atoms with van der Waals surface area (Å²) in [6.07, 6.45) is 4.03. The fourth-order valence-corrected chi connectivity index (χ4v) is 2.45. The minimum absolute atomic E-state index is 0.142. The first-order valence-corrected chi connectivity index (χ1v) is 8.38. The maximum atomic E-state index is 12.0. The molecule has 1 amide bonds. The standard InChI is InChI=1S/C17H21BrN4O/c1-11(2)6-7-19-16(23)13-9-20-17(21-10-13)22-15-5-4-14(18)8-12(15)3/h4-5,8-11H,6-7H2,1-3H3,(H,19,23)(H,20,21,22). The second kappa shape index (κ2) is 8.06. The largest absolute Gasteiger partial charge is 0.352 e. The van der Waals surface area contributed by atoms with Crippen molar-refractivity contribution >= 4 is 33.5 Å². The third-order valence-electron chi connectivity index (χ3n) is 3.36. The number of carbonyl (C=O) groups is 1. The lowest BCUT2D eigenvalue weighted by Gasteiger charge is -2.09. The molecule has 1 heterocycles. The highest BCUT2D eigenvalue weighted by Gasteiger charge is 2.08. The Morgan fingerprint density at radius 3 is 2.57 bits per heavy atom. The zero-order valence-corrected chi connectivity index (χ0v) is 15.1. The minimum atomic E-state index is -0.142. The Hall–Kier alpha value is -1.95. The van der Waals surface area contributed by atoms with Crippen LogP contribution in [0.5, 0.6) is 0 Å². The van der Waals surface area contributed by atoms with Gasteiger partial charge in [0.05, 0.1) is 5.56 Å². The monoisotopic (exact) mass is 376 g/mol. The first-order chi connectivity index (χ1) is 11.0. The SMILES string of the molecule is Cc1cc(Br)ccc1Nc1ncc(C(=O)NCCC(C)C)cn1. The van der Waals surface area contributed by atoms with Crippen molar-refractivity contribution in [3.8, 4) is 0 Å². The number of amides is 1. The molecule has 6 heteroatoms. The van der Waals surface area contributed by atoms with Crippen LogP contribution in [0, 0.1) is 12.8 Å². The van der Waals surface area contributed by atoms with Crippen molar-refractivity contribution in [2.45, 2.75) is 27.2 Å². The van der Waals surface area contributed by atoms with E-state index < -0.39 is 0 Å². The smallest absolute Gasteiger partial charge is 0.254 e. The molecule has 2 N–H and O–H groups in total. The number of hydrogen-bond donors (Lipinski definition) is 2. The molecule has 0 saturated carbocycles. The molecule has 122 valence electrons. The van der Waals surface area contributed by atoms with Crippen molar-refractivity contribution in [2.75, 3.05) is 11.9 Å². The van der Waals surface area contributed by atoms with Gasteiger partial charge in [0, 0.05) is 29.1 Å². The van der Waals surface area contributed by atoms with E-state index in [4.69, 9.17) is 0 Å². The summed E-state index contributed by atoms with van der Waals surface area (Å²) in [5, 5.41) is 6.02. The molecular weight excluding hydrogens is 356 g/mol. The summed E-state index contributed by atoms with van der Waals surface area (Å²) in [6.45, 7) is 6.91. The number of nitrogens with zero attached hydrogens (tertiary/aromatic N) is 2. The normalized spacial score (nSPS) is 10.7.